The van der Waals surface area contributed by atoms with Crippen molar-refractivity contribution in [2.45, 2.75) is 46.6 Å². The molecule has 0 aromatic carbocycles. The normalized spacial score (nSPS) is 32.5. The molecule has 0 unspecified atom stereocenters. The first kappa shape index (κ1) is 19.9. The number of nitrogens with one attached hydrogen (secondary N) is 1. The van der Waals surface area contributed by atoms with Crippen LogP contribution in [0.2, 0.25) is 0 Å². The van der Waals surface area contributed by atoms with Gasteiger partial charge in [0.1, 0.15) is 6.61 Å². The first-order chi connectivity index (χ1) is 13.0. The van der Waals surface area contributed by atoms with Crippen molar-refractivity contribution < 1.29 is 14.3 Å². The Morgan fingerprint density at radius 2 is 2.26 bits per heavy atom. The van der Waals surface area contributed by atoms with Gasteiger partial charge < -0.3 is 14.8 Å². The number of nitrogens with zero attached hydrogens (tertiary/aromatic N) is 1. The standard InChI is InChI=1S/C22H32N2O3/c1-5-6-10-24-21(25)27-14-22-13-26-20(18-8-7-9-23-12-18)19(17(22)4)15(2)11-16(22)3/h7-9,11-12,16-17,19-20H,5-6,10,13-14H2,1-4H3,(H,24,25)/t16-,17+,19-,20+,22+/m0/s1. The zero-order valence-corrected chi connectivity index (χ0v) is 16.9. The predicted octanol–water partition coefficient (Wildman–Crippen LogP) is 4.51. The Labute approximate surface area is 162 Å². The molecule has 1 saturated heterocycles. The third-order valence-corrected chi connectivity index (χ3v) is 6.53. The van der Waals surface area contributed by atoms with E-state index in [2.05, 4.69) is 50.1 Å². The topological polar surface area (TPSA) is 60.5 Å². The second kappa shape index (κ2) is 8.42. The van der Waals surface area contributed by atoms with Crippen molar-refractivity contribution in [3.05, 3.63) is 41.7 Å². The van der Waals surface area contributed by atoms with Gasteiger partial charge in [0.2, 0.25) is 0 Å². The van der Waals surface area contributed by atoms with Crippen LogP contribution in [0.15, 0.2) is 36.2 Å². The predicted molar refractivity (Wildman–Crippen MR) is 105 cm³/mol. The Balaban J connectivity index is 1.76. The molecule has 3 rings (SSSR count). The Morgan fingerprint density at radius 1 is 1.44 bits per heavy atom. The Bertz CT molecular complexity index is 675. The summed E-state index contributed by atoms with van der Waals surface area (Å²) in [6.45, 7) is 10.4. The van der Waals surface area contributed by atoms with Gasteiger partial charge in [0, 0.05) is 30.3 Å². The lowest BCUT2D eigenvalue weighted by Gasteiger charge is -2.55. The molecule has 2 aliphatic rings. The van der Waals surface area contributed by atoms with Gasteiger partial charge in [-0.1, -0.05) is 44.9 Å². The van der Waals surface area contributed by atoms with E-state index < -0.39 is 0 Å². The molecular formula is C22H32N2O3. The third-order valence-electron chi connectivity index (χ3n) is 6.53. The van der Waals surface area contributed by atoms with E-state index in [1.54, 1.807) is 6.20 Å². The molecule has 2 heterocycles. The van der Waals surface area contributed by atoms with Crippen molar-refractivity contribution in [3.8, 4) is 0 Å². The fourth-order valence-corrected chi connectivity index (χ4v) is 4.72. The van der Waals surface area contributed by atoms with Crippen LogP contribution in [-0.4, -0.2) is 30.8 Å². The van der Waals surface area contributed by atoms with Gasteiger partial charge in [-0.15, -0.1) is 0 Å². The highest BCUT2D eigenvalue weighted by molar-refractivity contribution is 5.67. The quantitative estimate of drug-likeness (QED) is 0.589. The minimum atomic E-state index is -0.325. The van der Waals surface area contributed by atoms with Gasteiger partial charge in [0.05, 0.1) is 12.7 Å². The van der Waals surface area contributed by atoms with Crippen LogP contribution in [0, 0.1) is 23.2 Å². The van der Waals surface area contributed by atoms with Crippen molar-refractivity contribution in [2.75, 3.05) is 19.8 Å². The van der Waals surface area contributed by atoms with Gasteiger partial charge in [-0.25, -0.2) is 4.79 Å². The molecule has 0 saturated carbocycles. The molecule has 1 amide bonds. The second-order valence-corrected chi connectivity index (χ2v) is 8.12. The van der Waals surface area contributed by atoms with Crippen LogP contribution >= 0.6 is 0 Å². The average Bonchev–Trinajstić information content (AvgIpc) is 2.66. The van der Waals surface area contributed by atoms with Crippen LogP contribution in [0.4, 0.5) is 4.79 Å². The van der Waals surface area contributed by atoms with E-state index in [-0.39, 0.29) is 23.5 Å². The number of hydrogen-bond acceptors (Lipinski definition) is 4. The summed E-state index contributed by atoms with van der Waals surface area (Å²) in [5.74, 6) is 0.910. The summed E-state index contributed by atoms with van der Waals surface area (Å²) in [7, 11) is 0. The maximum atomic E-state index is 12.1. The van der Waals surface area contributed by atoms with Gasteiger partial charge in [-0.3, -0.25) is 4.98 Å². The molecule has 27 heavy (non-hydrogen) atoms. The van der Waals surface area contributed by atoms with Crippen molar-refractivity contribution >= 4 is 6.09 Å². The lowest BCUT2D eigenvalue weighted by molar-refractivity contribution is -0.165. The largest absolute Gasteiger partial charge is 0.449 e. The molecule has 1 aliphatic heterocycles. The fourth-order valence-electron chi connectivity index (χ4n) is 4.72. The van der Waals surface area contributed by atoms with E-state index in [4.69, 9.17) is 9.47 Å². The maximum absolute atomic E-state index is 12.1. The molecule has 5 nitrogen and oxygen atoms in total. The third kappa shape index (κ3) is 3.88. The van der Waals surface area contributed by atoms with Gasteiger partial charge in [0.25, 0.3) is 0 Å². The molecule has 1 N–H and O–H groups in total. The van der Waals surface area contributed by atoms with E-state index in [1.807, 2.05) is 12.3 Å². The molecule has 148 valence electrons. The number of pyridine rings is 1. The number of rotatable bonds is 6. The number of fused-ring (bicyclic) bond motifs is 2. The highest BCUT2D eigenvalue weighted by atomic mass is 16.6. The highest BCUT2D eigenvalue weighted by Crippen LogP contribution is 2.56. The Kier molecular flexibility index (Phi) is 6.20. The molecule has 0 spiro atoms. The van der Waals surface area contributed by atoms with Gasteiger partial charge >= 0.3 is 6.09 Å². The van der Waals surface area contributed by atoms with Crippen LogP contribution in [-0.2, 0) is 9.47 Å². The number of hydrogen-bond donors (Lipinski definition) is 1. The number of aromatic nitrogens is 1. The summed E-state index contributed by atoms with van der Waals surface area (Å²) in [4.78, 5) is 16.3. The van der Waals surface area contributed by atoms with Crippen molar-refractivity contribution in [1.29, 1.82) is 0 Å². The second-order valence-electron chi connectivity index (χ2n) is 8.12. The number of ether oxygens (including phenoxy) is 2. The number of allylic oxidation sites excluding steroid dienone is 1. The summed E-state index contributed by atoms with van der Waals surface area (Å²) in [6.07, 6.45) is 7.72. The molecular weight excluding hydrogens is 340 g/mol. The SMILES string of the molecule is CCCCNC(=O)OC[C@]12CO[C@H](c3cccnc3)[C@@H](C(C)=C[C@@H]1C)[C@H]2C. The lowest BCUT2D eigenvalue weighted by Crippen LogP contribution is -2.54. The van der Waals surface area contributed by atoms with E-state index in [0.717, 1.165) is 18.4 Å². The zero-order chi connectivity index (χ0) is 19.4. The first-order valence-corrected chi connectivity index (χ1v) is 10.1. The number of carbonyl (C=O) groups excluding carboxylic acids is 1. The van der Waals surface area contributed by atoms with Crippen LogP contribution in [0.1, 0.15) is 52.2 Å². The van der Waals surface area contributed by atoms with Crippen LogP contribution in [0.25, 0.3) is 0 Å². The van der Waals surface area contributed by atoms with E-state index in [9.17, 15) is 4.79 Å². The average molecular weight is 373 g/mol. The van der Waals surface area contributed by atoms with Gasteiger partial charge in [-0.05, 0) is 36.8 Å². The molecule has 2 bridgehead atoms. The highest BCUT2D eigenvalue weighted by Gasteiger charge is 2.54. The summed E-state index contributed by atoms with van der Waals surface area (Å²) >= 11 is 0. The first-order valence-electron chi connectivity index (χ1n) is 10.1. The van der Waals surface area contributed by atoms with E-state index in [1.165, 1.54) is 5.57 Å². The molecule has 1 fully saturated rings. The smallest absolute Gasteiger partial charge is 0.407 e. The maximum Gasteiger partial charge on any atom is 0.407 e. The number of amides is 1. The molecule has 1 aliphatic carbocycles. The van der Waals surface area contributed by atoms with Crippen molar-refractivity contribution in [3.63, 3.8) is 0 Å². The van der Waals surface area contributed by atoms with Crippen LogP contribution in [0.5, 0.6) is 0 Å². The Hall–Kier alpha value is -1.88. The van der Waals surface area contributed by atoms with Crippen LogP contribution in [0.3, 0.4) is 0 Å². The lowest BCUT2D eigenvalue weighted by atomic mass is 9.56. The fraction of sp³-hybridized carbons (Fsp3) is 0.636. The summed E-state index contributed by atoms with van der Waals surface area (Å²) in [6, 6.07) is 4.04. The zero-order valence-electron chi connectivity index (χ0n) is 16.9. The molecule has 5 atom stereocenters. The van der Waals surface area contributed by atoms with Crippen LogP contribution < -0.4 is 5.32 Å². The minimum absolute atomic E-state index is 0.00366. The van der Waals surface area contributed by atoms with E-state index >= 15 is 0 Å². The minimum Gasteiger partial charge on any atom is -0.449 e. The van der Waals surface area contributed by atoms with Crippen molar-refractivity contribution in [2.24, 2.45) is 23.2 Å². The number of carbonyl (C=O) groups is 1. The summed E-state index contributed by atoms with van der Waals surface area (Å²) < 4.78 is 12.0. The van der Waals surface area contributed by atoms with Crippen molar-refractivity contribution in [1.82, 2.24) is 10.3 Å². The monoisotopic (exact) mass is 372 g/mol. The van der Waals surface area contributed by atoms with Gasteiger partial charge in [-0.2, -0.15) is 0 Å². The van der Waals surface area contributed by atoms with E-state index in [0.29, 0.717) is 31.6 Å². The molecule has 1 aromatic rings. The number of alkyl carbamates (subject to hydrolysis) is 1. The van der Waals surface area contributed by atoms with Gasteiger partial charge in [0.15, 0.2) is 0 Å². The molecule has 1 aromatic heterocycles. The molecule has 5 heteroatoms. The molecule has 0 radical (unpaired) electrons. The number of unbranched alkanes of at least 4 members (excludes halogenated alkanes) is 1. The summed E-state index contributed by atoms with van der Waals surface area (Å²) in [5.41, 5.74) is 2.28. The summed E-state index contributed by atoms with van der Waals surface area (Å²) in [5, 5.41) is 2.84. The Morgan fingerprint density at radius 3 is 2.96 bits per heavy atom.